The summed E-state index contributed by atoms with van der Waals surface area (Å²) in [6, 6.07) is 4.69. The first-order valence-corrected chi connectivity index (χ1v) is 5.26. The van der Waals surface area contributed by atoms with Crippen molar-refractivity contribution in [1.29, 1.82) is 0 Å². The highest BCUT2D eigenvalue weighted by molar-refractivity contribution is 7.98. The first-order valence-electron chi connectivity index (χ1n) is 4.04. The summed E-state index contributed by atoms with van der Waals surface area (Å²) < 4.78 is 12.8. The second-order valence-corrected chi connectivity index (χ2v) is 3.51. The van der Waals surface area contributed by atoms with Crippen LogP contribution < -0.4 is 0 Å². The van der Waals surface area contributed by atoms with Crippen LogP contribution in [0.15, 0.2) is 23.1 Å². The minimum absolute atomic E-state index is 0.237. The predicted molar refractivity (Wildman–Crippen MR) is 52.6 cm³/mol. The Labute approximate surface area is 81.3 Å². The fourth-order valence-electron chi connectivity index (χ4n) is 1.16. The molecule has 3 heteroatoms. The second-order valence-electron chi connectivity index (χ2n) is 2.66. The van der Waals surface area contributed by atoms with E-state index in [0.717, 1.165) is 16.7 Å². The van der Waals surface area contributed by atoms with Gasteiger partial charge in [0.25, 0.3) is 0 Å². The van der Waals surface area contributed by atoms with E-state index in [-0.39, 0.29) is 5.82 Å². The molecule has 0 heterocycles. The Morgan fingerprint density at radius 1 is 1.54 bits per heavy atom. The van der Waals surface area contributed by atoms with E-state index >= 15 is 0 Å². The largest absolute Gasteiger partial charge is 0.303 e. The summed E-state index contributed by atoms with van der Waals surface area (Å²) in [4.78, 5) is 11.2. The van der Waals surface area contributed by atoms with Crippen molar-refractivity contribution in [2.45, 2.75) is 17.7 Å². The van der Waals surface area contributed by atoms with E-state index < -0.39 is 0 Å². The van der Waals surface area contributed by atoms with Gasteiger partial charge < -0.3 is 4.79 Å². The van der Waals surface area contributed by atoms with Crippen LogP contribution in [0.4, 0.5) is 4.39 Å². The molecule has 13 heavy (non-hydrogen) atoms. The molecule has 0 atom stereocenters. The van der Waals surface area contributed by atoms with Crippen molar-refractivity contribution in [3.05, 3.63) is 29.6 Å². The lowest BCUT2D eigenvalue weighted by Gasteiger charge is -2.04. The fraction of sp³-hybridized carbons (Fsp3) is 0.300. The van der Waals surface area contributed by atoms with Crippen LogP contribution in [0.25, 0.3) is 0 Å². The highest BCUT2D eigenvalue weighted by Gasteiger charge is 2.02. The molecule has 0 aliphatic heterocycles. The normalized spacial score (nSPS) is 10.0. The molecule has 0 unspecified atom stereocenters. The summed E-state index contributed by atoms with van der Waals surface area (Å²) in [5.74, 6) is -0.237. The minimum atomic E-state index is -0.237. The van der Waals surface area contributed by atoms with Gasteiger partial charge >= 0.3 is 0 Å². The van der Waals surface area contributed by atoms with Crippen molar-refractivity contribution in [3.63, 3.8) is 0 Å². The molecule has 0 spiro atoms. The molecule has 0 aliphatic rings. The molecule has 1 rings (SSSR count). The van der Waals surface area contributed by atoms with E-state index in [1.165, 1.54) is 12.1 Å². The first-order chi connectivity index (χ1) is 6.27. The number of carbonyl (C=O) groups is 1. The van der Waals surface area contributed by atoms with Gasteiger partial charge in [-0.25, -0.2) is 4.39 Å². The van der Waals surface area contributed by atoms with E-state index in [1.807, 2.05) is 6.26 Å². The maximum absolute atomic E-state index is 12.8. The number of hydrogen-bond donors (Lipinski definition) is 0. The van der Waals surface area contributed by atoms with Gasteiger partial charge in [-0.1, -0.05) is 0 Å². The molecule has 1 aromatic rings. The molecule has 0 aromatic heterocycles. The van der Waals surface area contributed by atoms with Crippen molar-refractivity contribution in [3.8, 4) is 0 Å². The summed E-state index contributed by atoms with van der Waals surface area (Å²) in [6.07, 6.45) is 3.88. The molecule has 0 N–H and O–H groups in total. The monoisotopic (exact) mass is 198 g/mol. The average molecular weight is 198 g/mol. The van der Waals surface area contributed by atoms with E-state index in [1.54, 1.807) is 17.8 Å². The van der Waals surface area contributed by atoms with Gasteiger partial charge in [0.1, 0.15) is 12.1 Å². The molecule has 1 nitrogen and oxygen atoms in total. The highest BCUT2D eigenvalue weighted by Crippen LogP contribution is 2.22. The van der Waals surface area contributed by atoms with Crippen LogP contribution in [-0.2, 0) is 11.2 Å². The standard InChI is InChI=1S/C10H11FOS/c1-13-10-5-4-9(11)7-8(10)3-2-6-12/h4-7H,2-3H2,1H3. The number of hydrogen-bond acceptors (Lipinski definition) is 2. The number of carbonyl (C=O) groups excluding carboxylic acids is 1. The lowest BCUT2D eigenvalue weighted by Crippen LogP contribution is -1.90. The number of aldehydes is 1. The first kappa shape index (κ1) is 10.3. The Balaban J connectivity index is 2.87. The van der Waals surface area contributed by atoms with Gasteiger partial charge in [0, 0.05) is 11.3 Å². The predicted octanol–water partition coefficient (Wildman–Crippen LogP) is 2.68. The fourth-order valence-corrected chi connectivity index (χ4v) is 1.78. The number of aryl methyl sites for hydroxylation is 1. The van der Waals surface area contributed by atoms with Crippen molar-refractivity contribution >= 4 is 18.0 Å². The number of halogens is 1. The lowest BCUT2D eigenvalue weighted by atomic mass is 10.1. The Hall–Kier alpha value is -0.830. The van der Waals surface area contributed by atoms with Gasteiger partial charge in [0.2, 0.25) is 0 Å². The smallest absolute Gasteiger partial charge is 0.123 e. The quantitative estimate of drug-likeness (QED) is 0.546. The molecule has 0 amide bonds. The number of thioether (sulfide) groups is 1. The van der Waals surface area contributed by atoms with Crippen molar-refractivity contribution in [2.24, 2.45) is 0 Å². The van der Waals surface area contributed by atoms with Crippen molar-refractivity contribution in [1.82, 2.24) is 0 Å². The van der Waals surface area contributed by atoms with Crippen LogP contribution in [0.3, 0.4) is 0 Å². The minimum Gasteiger partial charge on any atom is -0.303 e. The number of rotatable bonds is 4. The van der Waals surface area contributed by atoms with Gasteiger partial charge in [0.15, 0.2) is 0 Å². The molecule has 0 fully saturated rings. The third-order valence-corrected chi connectivity index (χ3v) is 2.61. The molecule has 0 bridgehead atoms. The maximum Gasteiger partial charge on any atom is 0.123 e. The SMILES string of the molecule is CSc1ccc(F)cc1CCC=O. The zero-order valence-electron chi connectivity index (χ0n) is 7.42. The van der Waals surface area contributed by atoms with Gasteiger partial charge in [0.05, 0.1) is 0 Å². The topological polar surface area (TPSA) is 17.1 Å². The lowest BCUT2D eigenvalue weighted by molar-refractivity contribution is -0.107. The molecular formula is C10H11FOS. The van der Waals surface area contributed by atoms with Gasteiger partial charge in [-0.2, -0.15) is 0 Å². The maximum atomic E-state index is 12.8. The average Bonchev–Trinajstić information content (AvgIpc) is 2.15. The zero-order chi connectivity index (χ0) is 9.68. The molecule has 0 aliphatic carbocycles. The van der Waals surface area contributed by atoms with Gasteiger partial charge in [-0.3, -0.25) is 0 Å². The van der Waals surface area contributed by atoms with Crippen LogP contribution >= 0.6 is 11.8 Å². The van der Waals surface area contributed by atoms with Crippen molar-refractivity contribution < 1.29 is 9.18 Å². The number of benzene rings is 1. The second kappa shape index (κ2) is 5.02. The molecular weight excluding hydrogens is 187 g/mol. The van der Waals surface area contributed by atoms with E-state index in [9.17, 15) is 9.18 Å². The van der Waals surface area contributed by atoms with Crippen molar-refractivity contribution in [2.75, 3.05) is 6.26 Å². The molecule has 1 aromatic carbocycles. The molecule has 70 valence electrons. The molecule has 0 radical (unpaired) electrons. The third-order valence-electron chi connectivity index (χ3n) is 1.77. The molecule has 0 saturated carbocycles. The summed E-state index contributed by atoms with van der Waals surface area (Å²) in [5, 5.41) is 0. The Morgan fingerprint density at radius 3 is 2.92 bits per heavy atom. The Bertz CT molecular complexity index is 299. The third kappa shape index (κ3) is 2.84. The molecule has 0 saturated heterocycles. The summed E-state index contributed by atoms with van der Waals surface area (Å²) in [7, 11) is 0. The summed E-state index contributed by atoms with van der Waals surface area (Å²) in [5.41, 5.74) is 0.916. The van der Waals surface area contributed by atoms with Gasteiger partial charge in [-0.05, 0) is 36.4 Å². The zero-order valence-corrected chi connectivity index (χ0v) is 8.23. The summed E-state index contributed by atoms with van der Waals surface area (Å²) in [6.45, 7) is 0. The van der Waals surface area contributed by atoms with Crippen LogP contribution in [0.2, 0.25) is 0 Å². The van der Waals surface area contributed by atoms with E-state index in [2.05, 4.69) is 0 Å². The van der Waals surface area contributed by atoms with Crippen LogP contribution in [-0.4, -0.2) is 12.5 Å². The van der Waals surface area contributed by atoms with Crippen LogP contribution in [0.1, 0.15) is 12.0 Å². The van der Waals surface area contributed by atoms with Crippen LogP contribution in [0.5, 0.6) is 0 Å². The Morgan fingerprint density at radius 2 is 2.31 bits per heavy atom. The Kier molecular flexibility index (Phi) is 3.96. The van der Waals surface area contributed by atoms with Gasteiger partial charge in [-0.15, -0.1) is 11.8 Å². The van der Waals surface area contributed by atoms with Crippen LogP contribution in [0, 0.1) is 5.82 Å². The van der Waals surface area contributed by atoms with E-state index in [4.69, 9.17) is 0 Å². The highest BCUT2D eigenvalue weighted by atomic mass is 32.2. The van der Waals surface area contributed by atoms with E-state index in [0.29, 0.717) is 12.8 Å². The summed E-state index contributed by atoms with van der Waals surface area (Å²) >= 11 is 1.57.